The van der Waals surface area contributed by atoms with E-state index in [2.05, 4.69) is 42.7 Å². The van der Waals surface area contributed by atoms with Gasteiger partial charge in [-0.1, -0.05) is 0 Å². The molecule has 0 atom stereocenters. The van der Waals surface area contributed by atoms with E-state index in [1.807, 2.05) is 6.92 Å². The fraction of sp³-hybridized carbons (Fsp3) is 0.611. The Hall–Kier alpha value is -2.13. The summed E-state index contributed by atoms with van der Waals surface area (Å²) in [4.78, 5) is 31.4. The number of carbonyl (C=O) groups is 2. The minimum Gasteiger partial charge on any atom is -0.357 e. The maximum atomic E-state index is 11.6. The SMILES string of the molecule is CCNC(=NCCN1C(=O)CNC1=O)NC1CCN(Cc2ccsc2)CC1. The predicted octanol–water partition coefficient (Wildman–Crippen LogP) is 0.819. The molecule has 2 aliphatic rings. The van der Waals surface area contributed by atoms with Crippen molar-refractivity contribution in [3.63, 3.8) is 0 Å². The summed E-state index contributed by atoms with van der Waals surface area (Å²) < 4.78 is 0. The topological polar surface area (TPSA) is 89.1 Å². The first-order valence-corrected chi connectivity index (χ1v) is 10.5. The molecule has 9 heteroatoms. The van der Waals surface area contributed by atoms with Crippen LogP contribution in [0.1, 0.15) is 25.3 Å². The van der Waals surface area contributed by atoms with Crippen molar-refractivity contribution in [2.24, 2.45) is 4.99 Å². The number of likely N-dealkylation sites (tertiary alicyclic amines) is 1. The molecule has 3 amide bonds. The van der Waals surface area contributed by atoms with Crippen molar-refractivity contribution >= 4 is 29.2 Å². The van der Waals surface area contributed by atoms with Gasteiger partial charge in [0.05, 0.1) is 19.6 Å². The van der Waals surface area contributed by atoms with Crippen molar-refractivity contribution in [3.8, 4) is 0 Å². The van der Waals surface area contributed by atoms with E-state index in [0.29, 0.717) is 19.1 Å². The van der Waals surface area contributed by atoms with Gasteiger partial charge in [0.15, 0.2) is 5.96 Å². The van der Waals surface area contributed by atoms with Gasteiger partial charge in [-0.2, -0.15) is 11.3 Å². The summed E-state index contributed by atoms with van der Waals surface area (Å²) in [7, 11) is 0. The van der Waals surface area contributed by atoms with Crippen molar-refractivity contribution in [1.82, 2.24) is 25.8 Å². The zero-order valence-electron chi connectivity index (χ0n) is 15.7. The van der Waals surface area contributed by atoms with Gasteiger partial charge in [-0.3, -0.25) is 19.6 Å². The second-order valence-corrected chi connectivity index (χ2v) is 7.57. The fourth-order valence-electron chi connectivity index (χ4n) is 3.33. The number of guanidine groups is 1. The summed E-state index contributed by atoms with van der Waals surface area (Å²) in [6, 6.07) is 2.25. The highest BCUT2D eigenvalue weighted by Gasteiger charge is 2.27. The van der Waals surface area contributed by atoms with Crippen LogP contribution in [0.2, 0.25) is 0 Å². The van der Waals surface area contributed by atoms with Gasteiger partial charge in [-0.25, -0.2) is 4.79 Å². The quantitative estimate of drug-likeness (QED) is 0.363. The Morgan fingerprint density at radius 1 is 1.37 bits per heavy atom. The first kappa shape index (κ1) is 19.6. The van der Waals surface area contributed by atoms with Crippen molar-refractivity contribution in [2.75, 3.05) is 39.3 Å². The summed E-state index contributed by atoms with van der Waals surface area (Å²) in [6.45, 7) is 6.74. The standard InChI is InChI=1S/C18H28N6O2S/c1-2-19-17(20-6-9-24-16(25)11-21-18(24)26)22-15-3-7-23(8-4-15)12-14-5-10-27-13-14/h5,10,13,15H,2-4,6-9,11-12H2,1H3,(H,21,26)(H2,19,20,22). The Bertz CT molecular complexity index is 639. The van der Waals surface area contributed by atoms with Crippen LogP contribution in [-0.2, 0) is 11.3 Å². The third kappa shape index (κ3) is 5.67. The largest absolute Gasteiger partial charge is 0.357 e. The highest BCUT2D eigenvalue weighted by atomic mass is 32.1. The van der Waals surface area contributed by atoms with Gasteiger partial charge < -0.3 is 16.0 Å². The number of hydrogen-bond acceptors (Lipinski definition) is 5. The van der Waals surface area contributed by atoms with Gasteiger partial charge in [0.1, 0.15) is 0 Å². The van der Waals surface area contributed by atoms with Crippen molar-refractivity contribution < 1.29 is 9.59 Å². The molecule has 0 spiro atoms. The molecule has 0 aromatic carbocycles. The van der Waals surface area contributed by atoms with Gasteiger partial charge in [-0.15, -0.1) is 0 Å². The number of aliphatic imine (C=N–C) groups is 1. The lowest BCUT2D eigenvalue weighted by atomic mass is 10.0. The molecule has 3 heterocycles. The summed E-state index contributed by atoms with van der Waals surface area (Å²) in [5.74, 6) is 0.562. The summed E-state index contributed by atoms with van der Waals surface area (Å²) in [6.07, 6.45) is 2.14. The fourth-order valence-corrected chi connectivity index (χ4v) is 3.99. The van der Waals surface area contributed by atoms with E-state index < -0.39 is 0 Å². The summed E-state index contributed by atoms with van der Waals surface area (Å²) in [5.41, 5.74) is 1.39. The zero-order valence-corrected chi connectivity index (χ0v) is 16.6. The van der Waals surface area contributed by atoms with Gasteiger partial charge in [0.25, 0.3) is 0 Å². The Morgan fingerprint density at radius 2 is 2.19 bits per heavy atom. The van der Waals surface area contributed by atoms with E-state index in [9.17, 15) is 9.59 Å². The van der Waals surface area contributed by atoms with E-state index in [1.54, 1.807) is 11.3 Å². The molecule has 1 aromatic rings. The average molecular weight is 393 g/mol. The predicted molar refractivity (Wildman–Crippen MR) is 107 cm³/mol. The number of thiophene rings is 1. The molecule has 3 rings (SSSR count). The minimum atomic E-state index is -0.328. The van der Waals surface area contributed by atoms with Crippen LogP contribution in [0.3, 0.4) is 0 Å². The number of nitrogens with zero attached hydrogens (tertiary/aromatic N) is 3. The molecule has 0 saturated carbocycles. The number of rotatable bonds is 7. The number of amides is 3. The molecule has 2 aliphatic heterocycles. The lowest BCUT2D eigenvalue weighted by Crippen LogP contribution is -2.48. The molecule has 2 saturated heterocycles. The normalized spacial score (nSPS) is 19.4. The maximum Gasteiger partial charge on any atom is 0.324 e. The van der Waals surface area contributed by atoms with Gasteiger partial charge >= 0.3 is 6.03 Å². The number of urea groups is 1. The molecule has 0 radical (unpaired) electrons. The minimum absolute atomic E-state index is 0.0881. The molecule has 148 valence electrons. The summed E-state index contributed by atoms with van der Waals surface area (Å²) in [5, 5.41) is 13.6. The Balaban J connectivity index is 1.43. The highest BCUT2D eigenvalue weighted by molar-refractivity contribution is 7.07. The maximum absolute atomic E-state index is 11.6. The van der Waals surface area contributed by atoms with Crippen LogP contribution in [0.4, 0.5) is 4.79 Å². The molecule has 3 N–H and O–H groups in total. The number of piperidine rings is 1. The molecule has 0 aliphatic carbocycles. The molecule has 27 heavy (non-hydrogen) atoms. The monoisotopic (exact) mass is 392 g/mol. The lowest BCUT2D eigenvalue weighted by Gasteiger charge is -2.33. The zero-order chi connectivity index (χ0) is 19.1. The molecule has 0 unspecified atom stereocenters. The number of imide groups is 1. The van der Waals surface area contributed by atoms with Crippen molar-refractivity contribution in [3.05, 3.63) is 22.4 Å². The van der Waals surface area contributed by atoms with E-state index in [1.165, 1.54) is 10.5 Å². The van der Waals surface area contributed by atoms with Gasteiger partial charge in [0.2, 0.25) is 5.91 Å². The Kier molecular flexibility index (Phi) is 7.05. The molecule has 1 aromatic heterocycles. The highest BCUT2D eigenvalue weighted by Crippen LogP contribution is 2.15. The van der Waals surface area contributed by atoms with E-state index >= 15 is 0 Å². The van der Waals surface area contributed by atoms with Crippen LogP contribution in [0.15, 0.2) is 21.8 Å². The second kappa shape index (κ2) is 9.70. The number of carbonyl (C=O) groups excluding carboxylic acids is 2. The Labute approximate surface area is 164 Å². The molecule has 8 nitrogen and oxygen atoms in total. The van der Waals surface area contributed by atoms with Crippen LogP contribution in [-0.4, -0.2) is 73.0 Å². The molecule has 2 fully saturated rings. The lowest BCUT2D eigenvalue weighted by molar-refractivity contribution is -0.124. The first-order valence-electron chi connectivity index (χ1n) is 9.52. The van der Waals surface area contributed by atoms with Crippen LogP contribution in [0.5, 0.6) is 0 Å². The third-order valence-electron chi connectivity index (χ3n) is 4.79. The first-order chi connectivity index (χ1) is 13.2. The summed E-state index contributed by atoms with van der Waals surface area (Å²) >= 11 is 1.75. The second-order valence-electron chi connectivity index (χ2n) is 6.79. The van der Waals surface area contributed by atoms with Crippen LogP contribution in [0.25, 0.3) is 0 Å². The van der Waals surface area contributed by atoms with Crippen molar-refractivity contribution in [2.45, 2.75) is 32.4 Å². The molecule has 0 bridgehead atoms. The van der Waals surface area contributed by atoms with Crippen LogP contribution >= 0.6 is 11.3 Å². The Morgan fingerprint density at radius 3 is 2.81 bits per heavy atom. The molecular formula is C18H28N6O2S. The average Bonchev–Trinajstić information content (AvgIpc) is 3.28. The van der Waals surface area contributed by atoms with E-state index in [-0.39, 0.29) is 18.5 Å². The van der Waals surface area contributed by atoms with E-state index in [0.717, 1.165) is 45.0 Å². The van der Waals surface area contributed by atoms with E-state index in [4.69, 9.17) is 0 Å². The molecular weight excluding hydrogens is 364 g/mol. The smallest absolute Gasteiger partial charge is 0.324 e. The number of nitrogens with one attached hydrogen (secondary N) is 3. The third-order valence-corrected chi connectivity index (χ3v) is 5.52. The van der Waals surface area contributed by atoms with Gasteiger partial charge in [0, 0.05) is 32.2 Å². The van der Waals surface area contributed by atoms with Crippen LogP contribution < -0.4 is 16.0 Å². The van der Waals surface area contributed by atoms with Crippen molar-refractivity contribution in [1.29, 1.82) is 0 Å². The number of hydrogen-bond donors (Lipinski definition) is 3. The van der Waals surface area contributed by atoms with Gasteiger partial charge in [-0.05, 0) is 42.2 Å². The van der Waals surface area contributed by atoms with Crippen LogP contribution in [0, 0.1) is 0 Å².